The highest BCUT2D eigenvalue weighted by molar-refractivity contribution is 9.09. The molecule has 0 fully saturated rings. The molecule has 2 amide bonds. The Bertz CT molecular complexity index is 1210. The normalized spacial score (nSPS) is 17.2. The molecule has 204 valence electrons. The number of ether oxygens (including phenoxy) is 3. The molecule has 0 unspecified atom stereocenters. The number of hydrogen-bond acceptors (Lipinski definition) is 5. The van der Waals surface area contributed by atoms with Gasteiger partial charge in [-0.15, -0.1) is 0 Å². The summed E-state index contributed by atoms with van der Waals surface area (Å²) in [7, 11) is 0.190. The van der Waals surface area contributed by atoms with Crippen LogP contribution in [0, 0.1) is 5.82 Å². The zero-order chi connectivity index (χ0) is 27.4. The van der Waals surface area contributed by atoms with Gasteiger partial charge in [-0.3, -0.25) is 14.5 Å². The van der Waals surface area contributed by atoms with Gasteiger partial charge < -0.3 is 19.1 Å². The predicted molar refractivity (Wildman–Crippen MR) is 152 cm³/mol. The number of rotatable bonds is 11. The van der Waals surface area contributed by atoms with Crippen molar-refractivity contribution < 1.29 is 28.2 Å². The lowest BCUT2D eigenvalue weighted by Crippen LogP contribution is -2.45. The van der Waals surface area contributed by atoms with Crippen LogP contribution in [0.3, 0.4) is 0 Å². The summed E-state index contributed by atoms with van der Waals surface area (Å²) in [6.45, 7) is 7.80. The molecule has 2 aromatic rings. The van der Waals surface area contributed by atoms with Gasteiger partial charge in [0.15, 0.2) is 11.5 Å². The topological polar surface area (TPSA) is 68.3 Å². The molecule has 1 atom stereocenters. The van der Waals surface area contributed by atoms with E-state index in [1.165, 1.54) is 24.1 Å². The van der Waals surface area contributed by atoms with Crippen LogP contribution in [0.5, 0.6) is 11.5 Å². The second kappa shape index (κ2) is 12.0. The van der Waals surface area contributed by atoms with Gasteiger partial charge in [0.05, 0.1) is 25.0 Å². The van der Waals surface area contributed by atoms with Gasteiger partial charge in [0, 0.05) is 38.7 Å². The molecule has 2 heterocycles. The monoisotopic (exact) mass is 604 g/mol. The Morgan fingerprint density at radius 3 is 2.47 bits per heavy atom. The second-order valence-corrected chi connectivity index (χ2v) is 17.0. The van der Waals surface area contributed by atoms with E-state index < -0.39 is 14.1 Å². The third kappa shape index (κ3) is 6.30. The summed E-state index contributed by atoms with van der Waals surface area (Å²) < 4.78 is 31.0. The van der Waals surface area contributed by atoms with Gasteiger partial charge in [0.25, 0.3) is 11.8 Å². The maximum Gasteiger partial charge on any atom is 0.260 e. The van der Waals surface area contributed by atoms with Crippen LogP contribution in [0.25, 0.3) is 5.57 Å². The molecule has 38 heavy (non-hydrogen) atoms. The molecular formula is C28H34BrFN2O5Si. The number of halogens is 2. The number of fused-ring (bicyclic) bond motifs is 2. The minimum Gasteiger partial charge on any atom is -0.493 e. The van der Waals surface area contributed by atoms with Crippen LogP contribution in [-0.4, -0.2) is 63.2 Å². The number of anilines is 1. The standard InChI is InChI=1S/C28H34BrFN2O5Si/c1-35-25-15-22-23(16-26(25)37-11-5-10-29)32(18-36-12-13-38(2,3)4)28(34)24-14-20(17-31(24)27(22)33)19-6-8-21(30)9-7-19/h6-9,15-17,24H,5,10-14,18H2,1-4H3/t24-/m0/s1. The van der Waals surface area contributed by atoms with Gasteiger partial charge in [-0.05, 0) is 41.8 Å². The van der Waals surface area contributed by atoms with E-state index in [1.807, 2.05) is 0 Å². The average molecular weight is 606 g/mol. The summed E-state index contributed by atoms with van der Waals surface area (Å²) in [5, 5.41) is 0.785. The molecule has 0 N–H and O–H groups in total. The van der Waals surface area contributed by atoms with Crippen molar-refractivity contribution in [2.24, 2.45) is 0 Å². The highest BCUT2D eigenvalue weighted by atomic mass is 79.9. The van der Waals surface area contributed by atoms with E-state index >= 15 is 0 Å². The molecule has 2 aliphatic rings. The van der Waals surface area contributed by atoms with Crippen molar-refractivity contribution in [1.82, 2.24) is 4.90 Å². The van der Waals surface area contributed by atoms with Gasteiger partial charge in [0.1, 0.15) is 18.6 Å². The molecule has 0 aliphatic carbocycles. The zero-order valence-corrected chi connectivity index (χ0v) is 24.8. The molecule has 7 nitrogen and oxygen atoms in total. The quantitative estimate of drug-likeness (QED) is 0.181. The SMILES string of the molecule is COc1cc2c(cc1OCCCBr)N(COCC[Si](C)(C)C)C(=O)[C@@H]1CC(c3ccc(F)cc3)=CN1C2=O. The fourth-order valence-corrected chi connectivity index (χ4v) is 5.42. The van der Waals surface area contributed by atoms with Gasteiger partial charge >= 0.3 is 0 Å². The molecule has 0 spiro atoms. The van der Waals surface area contributed by atoms with E-state index in [1.54, 1.807) is 35.4 Å². The van der Waals surface area contributed by atoms with Crippen molar-refractivity contribution in [3.63, 3.8) is 0 Å². The molecule has 2 aliphatic heterocycles. The Balaban J connectivity index is 1.72. The number of carbonyl (C=O) groups is 2. The van der Waals surface area contributed by atoms with Crippen LogP contribution >= 0.6 is 15.9 Å². The number of benzene rings is 2. The summed E-state index contributed by atoms with van der Waals surface area (Å²) in [5.41, 5.74) is 2.33. The Kier molecular flexibility index (Phi) is 8.95. The van der Waals surface area contributed by atoms with E-state index in [0.717, 1.165) is 28.9 Å². The fourth-order valence-electron chi connectivity index (χ4n) is 4.44. The van der Waals surface area contributed by atoms with Crippen LogP contribution in [0.1, 0.15) is 28.8 Å². The smallest absolute Gasteiger partial charge is 0.260 e. The first-order valence-electron chi connectivity index (χ1n) is 12.7. The first-order valence-corrected chi connectivity index (χ1v) is 17.5. The number of alkyl halides is 1. The first-order chi connectivity index (χ1) is 18.1. The number of methoxy groups -OCH3 is 1. The third-order valence-electron chi connectivity index (χ3n) is 6.60. The molecular weight excluding hydrogens is 571 g/mol. The van der Waals surface area contributed by atoms with Crippen molar-refractivity contribution in [3.05, 3.63) is 59.5 Å². The van der Waals surface area contributed by atoms with Crippen molar-refractivity contribution in [3.8, 4) is 11.5 Å². The number of hydrogen-bond donors (Lipinski definition) is 0. The van der Waals surface area contributed by atoms with Crippen LogP contribution < -0.4 is 14.4 Å². The Labute approximate surface area is 232 Å². The minimum atomic E-state index is -1.33. The highest BCUT2D eigenvalue weighted by Gasteiger charge is 2.43. The van der Waals surface area contributed by atoms with Crippen molar-refractivity contribution >= 4 is 47.1 Å². The molecule has 4 rings (SSSR count). The lowest BCUT2D eigenvalue weighted by Gasteiger charge is -2.26. The Morgan fingerprint density at radius 2 is 1.82 bits per heavy atom. The predicted octanol–water partition coefficient (Wildman–Crippen LogP) is 5.91. The Morgan fingerprint density at radius 1 is 1.08 bits per heavy atom. The minimum absolute atomic E-state index is 0.0208. The molecule has 2 aromatic carbocycles. The van der Waals surface area contributed by atoms with Gasteiger partial charge in [-0.25, -0.2) is 4.39 Å². The average Bonchev–Trinajstić information content (AvgIpc) is 3.30. The van der Waals surface area contributed by atoms with Crippen LogP contribution in [-0.2, 0) is 9.53 Å². The van der Waals surface area contributed by atoms with Gasteiger partial charge in [-0.2, -0.15) is 0 Å². The molecule has 0 saturated carbocycles. The number of carbonyl (C=O) groups excluding carboxylic acids is 2. The molecule has 0 aromatic heterocycles. The van der Waals surface area contributed by atoms with E-state index in [9.17, 15) is 14.0 Å². The van der Waals surface area contributed by atoms with Crippen molar-refractivity contribution in [2.45, 2.75) is 44.6 Å². The van der Waals surface area contributed by atoms with E-state index in [2.05, 4.69) is 35.6 Å². The summed E-state index contributed by atoms with van der Waals surface area (Å²) in [6, 6.07) is 9.62. The second-order valence-electron chi connectivity index (χ2n) is 10.6. The largest absolute Gasteiger partial charge is 0.493 e. The van der Waals surface area contributed by atoms with Crippen LogP contribution in [0.2, 0.25) is 25.7 Å². The number of nitrogens with zero attached hydrogens (tertiary/aromatic N) is 2. The molecule has 0 radical (unpaired) electrons. The maximum atomic E-state index is 14.0. The first kappa shape index (κ1) is 28.3. The van der Waals surface area contributed by atoms with Gasteiger partial charge in [0.2, 0.25) is 0 Å². The molecule has 0 bridgehead atoms. The van der Waals surface area contributed by atoms with E-state index in [-0.39, 0.29) is 24.4 Å². The fraction of sp³-hybridized carbons (Fsp3) is 0.429. The Hall–Kier alpha value is -2.69. The zero-order valence-electron chi connectivity index (χ0n) is 22.3. The van der Waals surface area contributed by atoms with Crippen molar-refractivity contribution in [2.75, 3.05) is 37.3 Å². The van der Waals surface area contributed by atoms with E-state index in [0.29, 0.717) is 42.4 Å². The van der Waals surface area contributed by atoms with Crippen LogP contribution in [0.4, 0.5) is 10.1 Å². The van der Waals surface area contributed by atoms with Crippen molar-refractivity contribution in [1.29, 1.82) is 0 Å². The summed E-state index contributed by atoms with van der Waals surface area (Å²) >= 11 is 3.40. The van der Waals surface area contributed by atoms with Crippen LogP contribution in [0.15, 0.2) is 42.6 Å². The summed E-state index contributed by atoms with van der Waals surface area (Å²) in [4.78, 5) is 30.8. The molecule has 10 heteroatoms. The van der Waals surface area contributed by atoms with E-state index in [4.69, 9.17) is 14.2 Å². The summed E-state index contributed by atoms with van der Waals surface area (Å²) in [5.74, 6) is -0.0186. The lowest BCUT2D eigenvalue weighted by atomic mass is 10.0. The third-order valence-corrected chi connectivity index (χ3v) is 8.86. The highest BCUT2D eigenvalue weighted by Crippen LogP contribution is 2.41. The number of amides is 2. The maximum absolute atomic E-state index is 14.0. The lowest BCUT2D eigenvalue weighted by molar-refractivity contribution is -0.122. The van der Waals surface area contributed by atoms with Gasteiger partial charge in [-0.1, -0.05) is 47.7 Å². The molecule has 0 saturated heterocycles. The summed E-state index contributed by atoms with van der Waals surface area (Å²) in [6.07, 6.45) is 2.81.